The van der Waals surface area contributed by atoms with Gasteiger partial charge in [0.25, 0.3) is 0 Å². The van der Waals surface area contributed by atoms with Gasteiger partial charge in [0.15, 0.2) is 11.0 Å². The summed E-state index contributed by atoms with van der Waals surface area (Å²) in [6.07, 6.45) is 1.79. The Kier molecular flexibility index (Phi) is 5.45. The van der Waals surface area contributed by atoms with Gasteiger partial charge in [-0.2, -0.15) is 0 Å². The number of pyridine rings is 1. The molecule has 0 unspecified atom stereocenters. The lowest BCUT2D eigenvalue weighted by Crippen LogP contribution is -2.14. The quantitative estimate of drug-likeness (QED) is 0.688. The number of para-hydroxylation sites is 1. The maximum Gasteiger partial charge on any atom is 0.234 e. The Morgan fingerprint density at radius 3 is 2.64 bits per heavy atom. The summed E-state index contributed by atoms with van der Waals surface area (Å²) in [7, 11) is 0. The summed E-state index contributed by atoms with van der Waals surface area (Å²) < 4.78 is 1.99. The molecule has 0 aliphatic rings. The predicted octanol–water partition coefficient (Wildman–Crippen LogP) is 3.40. The van der Waals surface area contributed by atoms with E-state index in [1.165, 1.54) is 11.8 Å². The van der Waals surface area contributed by atoms with Crippen molar-refractivity contribution < 1.29 is 4.79 Å². The largest absolute Gasteiger partial charge is 0.325 e. The van der Waals surface area contributed by atoms with Crippen LogP contribution in [-0.4, -0.2) is 31.4 Å². The Morgan fingerprint density at radius 2 is 1.96 bits per heavy atom. The molecule has 128 valence electrons. The van der Waals surface area contributed by atoms with Gasteiger partial charge in [0.05, 0.1) is 5.75 Å². The van der Waals surface area contributed by atoms with Crippen LogP contribution in [-0.2, 0) is 11.3 Å². The number of nitrogens with one attached hydrogen (secondary N) is 1. The van der Waals surface area contributed by atoms with Crippen LogP contribution in [0, 0.1) is 6.92 Å². The van der Waals surface area contributed by atoms with Crippen LogP contribution >= 0.6 is 11.8 Å². The van der Waals surface area contributed by atoms with Crippen molar-refractivity contribution in [2.75, 3.05) is 11.1 Å². The summed E-state index contributed by atoms with van der Waals surface area (Å²) >= 11 is 1.37. The van der Waals surface area contributed by atoms with Crippen molar-refractivity contribution in [3.8, 4) is 11.4 Å². The van der Waals surface area contributed by atoms with E-state index in [1.807, 2.05) is 60.9 Å². The first kappa shape index (κ1) is 17.2. The zero-order chi connectivity index (χ0) is 17.6. The molecule has 0 bridgehead atoms. The number of rotatable bonds is 6. The number of hydrogen-bond acceptors (Lipinski definition) is 5. The summed E-state index contributed by atoms with van der Waals surface area (Å²) in [4.78, 5) is 16.4. The van der Waals surface area contributed by atoms with Crippen LogP contribution in [0.4, 0.5) is 5.69 Å². The molecule has 6 nitrogen and oxygen atoms in total. The van der Waals surface area contributed by atoms with Gasteiger partial charge in [-0.25, -0.2) is 0 Å². The number of thioether (sulfide) groups is 1. The van der Waals surface area contributed by atoms with E-state index >= 15 is 0 Å². The van der Waals surface area contributed by atoms with E-state index in [0.717, 1.165) is 34.5 Å². The normalized spacial score (nSPS) is 10.6. The Balaban J connectivity index is 1.69. The van der Waals surface area contributed by atoms with Gasteiger partial charge in [0, 0.05) is 29.7 Å². The zero-order valence-corrected chi connectivity index (χ0v) is 15.0. The van der Waals surface area contributed by atoms with E-state index in [1.54, 1.807) is 6.20 Å². The minimum absolute atomic E-state index is 0.0691. The second-order valence-electron chi connectivity index (χ2n) is 5.44. The fourth-order valence-corrected chi connectivity index (χ4v) is 3.15. The highest BCUT2D eigenvalue weighted by atomic mass is 32.2. The van der Waals surface area contributed by atoms with Crippen molar-refractivity contribution in [3.63, 3.8) is 0 Å². The van der Waals surface area contributed by atoms with Gasteiger partial charge in [0.2, 0.25) is 5.91 Å². The Morgan fingerprint density at radius 1 is 1.16 bits per heavy atom. The first-order valence-corrected chi connectivity index (χ1v) is 9.00. The van der Waals surface area contributed by atoms with Crippen LogP contribution < -0.4 is 5.32 Å². The molecule has 3 rings (SSSR count). The molecule has 3 aromatic rings. The number of aryl methyl sites for hydroxylation is 1. The first-order chi connectivity index (χ1) is 12.2. The van der Waals surface area contributed by atoms with E-state index < -0.39 is 0 Å². The highest BCUT2D eigenvalue weighted by Gasteiger charge is 2.14. The third-order valence-corrected chi connectivity index (χ3v) is 4.56. The molecular weight excluding hydrogens is 334 g/mol. The monoisotopic (exact) mass is 353 g/mol. The number of aromatic nitrogens is 4. The average Bonchev–Trinajstić information content (AvgIpc) is 3.04. The lowest BCUT2D eigenvalue weighted by molar-refractivity contribution is -0.113. The van der Waals surface area contributed by atoms with Crippen LogP contribution in [0.5, 0.6) is 0 Å². The Bertz CT molecular complexity index is 846. The van der Waals surface area contributed by atoms with E-state index in [0.29, 0.717) is 0 Å². The van der Waals surface area contributed by atoms with Crippen LogP contribution in [0.25, 0.3) is 11.4 Å². The second kappa shape index (κ2) is 7.94. The lowest BCUT2D eigenvalue weighted by Gasteiger charge is -2.08. The number of benzene rings is 1. The third kappa shape index (κ3) is 4.24. The molecule has 0 aliphatic carbocycles. The summed E-state index contributed by atoms with van der Waals surface area (Å²) in [6.45, 7) is 4.70. The number of nitrogens with zero attached hydrogens (tertiary/aromatic N) is 4. The lowest BCUT2D eigenvalue weighted by atomic mass is 10.2. The smallest absolute Gasteiger partial charge is 0.234 e. The minimum atomic E-state index is -0.0691. The highest BCUT2D eigenvalue weighted by Crippen LogP contribution is 2.23. The number of carbonyl (C=O) groups excluding carboxylic acids is 1. The van der Waals surface area contributed by atoms with Gasteiger partial charge >= 0.3 is 0 Å². The fourth-order valence-electron chi connectivity index (χ4n) is 2.34. The summed E-state index contributed by atoms with van der Waals surface area (Å²) in [5.74, 6) is 0.973. The van der Waals surface area contributed by atoms with Crippen molar-refractivity contribution in [2.45, 2.75) is 25.5 Å². The molecule has 1 N–H and O–H groups in total. The number of amides is 1. The van der Waals surface area contributed by atoms with Gasteiger partial charge in [0.1, 0.15) is 0 Å². The summed E-state index contributed by atoms with van der Waals surface area (Å²) in [6, 6.07) is 13.3. The molecule has 2 aromatic heterocycles. The molecule has 0 saturated heterocycles. The number of anilines is 1. The van der Waals surface area contributed by atoms with Gasteiger partial charge in [-0.3, -0.25) is 9.78 Å². The zero-order valence-electron chi connectivity index (χ0n) is 14.1. The van der Waals surface area contributed by atoms with E-state index in [9.17, 15) is 4.79 Å². The standard InChI is InChI=1S/C18H19N5OS/c1-3-23-17(14-10-9-13(2)19-11-14)21-22-18(23)25-12-16(24)20-15-7-5-4-6-8-15/h4-11H,3,12H2,1-2H3,(H,20,24). The van der Waals surface area contributed by atoms with Crippen LogP contribution in [0.1, 0.15) is 12.6 Å². The van der Waals surface area contributed by atoms with E-state index in [-0.39, 0.29) is 11.7 Å². The topological polar surface area (TPSA) is 72.7 Å². The van der Waals surface area contributed by atoms with Crippen LogP contribution in [0.2, 0.25) is 0 Å². The van der Waals surface area contributed by atoms with Crippen LogP contribution in [0.3, 0.4) is 0 Å². The van der Waals surface area contributed by atoms with Crippen LogP contribution in [0.15, 0.2) is 53.8 Å². The van der Waals surface area contributed by atoms with Gasteiger partial charge in [-0.15, -0.1) is 10.2 Å². The molecule has 2 heterocycles. The molecule has 0 aliphatic heterocycles. The Labute approximate surface area is 150 Å². The second-order valence-corrected chi connectivity index (χ2v) is 6.38. The minimum Gasteiger partial charge on any atom is -0.325 e. The maximum atomic E-state index is 12.1. The van der Waals surface area contributed by atoms with Crippen molar-refractivity contribution in [3.05, 3.63) is 54.4 Å². The molecule has 25 heavy (non-hydrogen) atoms. The molecule has 1 amide bonds. The molecule has 1 aromatic carbocycles. The van der Waals surface area contributed by atoms with E-state index in [2.05, 4.69) is 20.5 Å². The SMILES string of the molecule is CCn1c(SCC(=O)Nc2ccccc2)nnc1-c1ccc(C)nc1. The fraction of sp³-hybridized carbons (Fsp3) is 0.222. The maximum absolute atomic E-state index is 12.1. The molecule has 0 atom stereocenters. The van der Waals surface area contributed by atoms with Crippen molar-refractivity contribution in [2.24, 2.45) is 0 Å². The molecule has 7 heteroatoms. The molecule has 0 fully saturated rings. The first-order valence-electron chi connectivity index (χ1n) is 8.01. The molecule has 0 saturated carbocycles. The highest BCUT2D eigenvalue weighted by molar-refractivity contribution is 7.99. The van der Waals surface area contributed by atoms with Crippen molar-refractivity contribution >= 4 is 23.4 Å². The molecule has 0 spiro atoms. The van der Waals surface area contributed by atoms with Crippen molar-refractivity contribution in [1.82, 2.24) is 19.7 Å². The molecular formula is C18H19N5OS. The number of hydrogen-bond donors (Lipinski definition) is 1. The number of carbonyl (C=O) groups is 1. The van der Waals surface area contributed by atoms with Gasteiger partial charge in [-0.1, -0.05) is 30.0 Å². The summed E-state index contributed by atoms with van der Waals surface area (Å²) in [5, 5.41) is 12.1. The van der Waals surface area contributed by atoms with Crippen molar-refractivity contribution in [1.29, 1.82) is 0 Å². The average molecular weight is 353 g/mol. The third-order valence-electron chi connectivity index (χ3n) is 3.59. The Hall–Kier alpha value is -2.67. The van der Waals surface area contributed by atoms with Gasteiger partial charge < -0.3 is 9.88 Å². The summed E-state index contributed by atoms with van der Waals surface area (Å²) in [5.41, 5.74) is 2.66. The van der Waals surface area contributed by atoms with Gasteiger partial charge in [-0.05, 0) is 38.1 Å². The van der Waals surface area contributed by atoms with E-state index in [4.69, 9.17) is 0 Å². The molecule has 0 radical (unpaired) electrons. The predicted molar refractivity (Wildman–Crippen MR) is 99.5 cm³/mol.